The third kappa shape index (κ3) is 5.46. The minimum absolute atomic E-state index is 0.101. The van der Waals surface area contributed by atoms with Crippen LogP contribution in [0.15, 0.2) is 35.2 Å². The van der Waals surface area contributed by atoms with Gasteiger partial charge in [-0.3, -0.25) is 14.5 Å². The fourth-order valence-electron chi connectivity index (χ4n) is 6.35. The van der Waals surface area contributed by atoms with Gasteiger partial charge in [0, 0.05) is 36.8 Å². The number of carbonyl (C=O) groups is 2. The molecule has 0 spiro atoms. The Hall–Kier alpha value is -2.32. The third-order valence-electron chi connectivity index (χ3n) is 8.32. The largest absolute Gasteiger partial charge is 0.289 e. The molecule has 2 amide bonds. The van der Waals surface area contributed by atoms with Crippen molar-refractivity contribution in [3.8, 4) is 11.1 Å². The quantitative estimate of drug-likeness (QED) is 0.377. The van der Waals surface area contributed by atoms with E-state index in [0.717, 1.165) is 35.1 Å². The fraction of sp³-hybridized carbons (Fsp3) is 0.462. The van der Waals surface area contributed by atoms with Gasteiger partial charge < -0.3 is 0 Å². The van der Waals surface area contributed by atoms with E-state index in [0.29, 0.717) is 30.6 Å². The SMILES string of the molecule is Cc1cccc(CN2C(=O)CSC2=O)c1-c1cc2c(cc1S(C)(=O)=O)C(S(C)(=O)=O)(S(C)(=O)=O)CCC2(S(C)(=O)=O)S(C)(=O)=O. The summed E-state index contributed by atoms with van der Waals surface area (Å²) in [6, 6.07) is 6.29. The first-order chi connectivity index (χ1) is 20.2. The number of hydrogen-bond acceptors (Lipinski definition) is 13. The molecule has 1 saturated heterocycles. The van der Waals surface area contributed by atoms with Gasteiger partial charge >= 0.3 is 0 Å². The first kappa shape index (κ1) is 35.5. The molecule has 0 atom stereocenters. The van der Waals surface area contributed by atoms with Crippen LogP contribution in [0.2, 0.25) is 0 Å². The van der Waals surface area contributed by atoms with Crippen molar-refractivity contribution in [3.05, 3.63) is 52.6 Å². The predicted molar refractivity (Wildman–Crippen MR) is 170 cm³/mol. The summed E-state index contributed by atoms with van der Waals surface area (Å²) in [4.78, 5) is 25.2. The van der Waals surface area contributed by atoms with Crippen LogP contribution in [-0.2, 0) is 68.7 Å². The van der Waals surface area contributed by atoms with Crippen molar-refractivity contribution >= 4 is 72.1 Å². The molecule has 0 unspecified atom stereocenters. The summed E-state index contributed by atoms with van der Waals surface area (Å²) >= 11 is 0.769. The van der Waals surface area contributed by atoms with E-state index in [2.05, 4.69) is 0 Å². The molecule has 0 N–H and O–H groups in total. The summed E-state index contributed by atoms with van der Waals surface area (Å²) in [5.41, 5.74) is -1.05. The van der Waals surface area contributed by atoms with Crippen LogP contribution >= 0.6 is 11.8 Å². The summed E-state index contributed by atoms with van der Waals surface area (Å²) in [5.74, 6) is -0.622. The molecule has 2 aliphatic rings. The molecule has 2 aromatic rings. The molecule has 0 radical (unpaired) electrons. The number of fused-ring (bicyclic) bond motifs is 1. The van der Waals surface area contributed by atoms with Gasteiger partial charge in [0.1, 0.15) is 0 Å². The second kappa shape index (κ2) is 10.9. The highest BCUT2D eigenvalue weighted by Gasteiger charge is 2.65. The Morgan fingerprint density at radius 1 is 0.733 bits per heavy atom. The van der Waals surface area contributed by atoms with Crippen molar-refractivity contribution in [1.29, 1.82) is 0 Å². The number of thioether (sulfide) groups is 1. The van der Waals surface area contributed by atoms with E-state index in [1.54, 1.807) is 19.1 Å². The van der Waals surface area contributed by atoms with Gasteiger partial charge in [0.15, 0.2) is 57.3 Å². The van der Waals surface area contributed by atoms with Crippen molar-refractivity contribution in [2.45, 2.75) is 39.4 Å². The molecule has 248 valence electrons. The molecular weight excluding hydrogens is 711 g/mol. The zero-order valence-electron chi connectivity index (χ0n) is 25.0. The number of rotatable bonds is 8. The topological polar surface area (TPSA) is 208 Å². The first-order valence-electron chi connectivity index (χ1n) is 13.0. The maximum absolute atomic E-state index is 13.5. The van der Waals surface area contributed by atoms with E-state index in [1.165, 1.54) is 6.07 Å². The van der Waals surface area contributed by atoms with Crippen molar-refractivity contribution in [3.63, 3.8) is 0 Å². The molecule has 45 heavy (non-hydrogen) atoms. The average molecular weight is 742 g/mol. The minimum Gasteiger partial charge on any atom is -0.273 e. The molecule has 0 aromatic heterocycles. The number of sulfone groups is 5. The molecule has 1 fully saturated rings. The summed E-state index contributed by atoms with van der Waals surface area (Å²) < 4.78 is 129. The zero-order chi connectivity index (χ0) is 34.3. The molecule has 2 aromatic carbocycles. The van der Waals surface area contributed by atoms with Gasteiger partial charge in [-0.05, 0) is 59.7 Å². The fourth-order valence-corrected chi connectivity index (χ4v) is 16.5. The van der Waals surface area contributed by atoms with Crippen LogP contribution in [0.4, 0.5) is 4.79 Å². The van der Waals surface area contributed by atoms with Gasteiger partial charge in [0.2, 0.25) is 5.91 Å². The van der Waals surface area contributed by atoms with E-state index < -0.39 is 97.4 Å². The molecular formula is C26H31NO12S6. The van der Waals surface area contributed by atoms with Gasteiger partial charge in [0.05, 0.1) is 17.2 Å². The second-order valence-corrected chi connectivity index (χ2v) is 23.8. The van der Waals surface area contributed by atoms with Crippen LogP contribution in [0, 0.1) is 6.92 Å². The van der Waals surface area contributed by atoms with E-state index in [-0.39, 0.29) is 29.0 Å². The Balaban J connectivity index is 2.32. The number of carbonyl (C=O) groups excluding carboxylic acids is 2. The van der Waals surface area contributed by atoms with Crippen LogP contribution in [-0.4, -0.2) is 95.2 Å². The lowest BCUT2D eigenvalue weighted by molar-refractivity contribution is -0.125. The van der Waals surface area contributed by atoms with Gasteiger partial charge in [-0.1, -0.05) is 30.0 Å². The first-order valence-corrected chi connectivity index (χ1v) is 23.4. The van der Waals surface area contributed by atoms with Crippen molar-refractivity contribution < 1.29 is 51.7 Å². The molecule has 0 bridgehead atoms. The summed E-state index contributed by atoms with van der Waals surface area (Å²) in [6.45, 7) is 1.24. The van der Waals surface area contributed by atoms with Gasteiger partial charge in [0.25, 0.3) is 5.24 Å². The lowest BCUT2D eigenvalue weighted by Crippen LogP contribution is -2.54. The Morgan fingerprint density at radius 2 is 1.20 bits per heavy atom. The lowest BCUT2D eigenvalue weighted by Gasteiger charge is -2.44. The summed E-state index contributed by atoms with van der Waals surface area (Å²) in [6.07, 6.45) is 1.25. The number of aryl methyl sites for hydroxylation is 1. The van der Waals surface area contributed by atoms with Crippen molar-refractivity contribution in [2.75, 3.05) is 37.0 Å². The molecule has 4 rings (SSSR count). The minimum atomic E-state index is -4.74. The second-order valence-electron chi connectivity index (χ2n) is 11.4. The molecule has 1 heterocycles. The lowest BCUT2D eigenvalue weighted by atomic mass is 9.85. The van der Waals surface area contributed by atoms with E-state index >= 15 is 0 Å². The summed E-state index contributed by atoms with van der Waals surface area (Å²) in [7, 11) is -23.3. The highest BCUT2D eigenvalue weighted by molar-refractivity contribution is 8.14. The number of benzene rings is 2. The maximum Gasteiger partial charge on any atom is 0.289 e. The Morgan fingerprint density at radius 3 is 1.60 bits per heavy atom. The molecule has 1 aliphatic heterocycles. The summed E-state index contributed by atoms with van der Waals surface area (Å²) in [5, 5.41) is -0.555. The number of imide groups is 1. The smallest absolute Gasteiger partial charge is 0.273 e. The van der Waals surface area contributed by atoms with Crippen molar-refractivity contribution in [2.24, 2.45) is 0 Å². The van der Waals surface area contributed by atoms with Crippen molar-refractivity contribution in [1.82, 2.24) is 4.90 Å². The van der Waals surface area contributed by atoms with Gasteiger partial charge in [-0.2, -0.15) is 0 Å². The predicted octanol–water partition coefficient (Wildman–Crippen LogP) is 1.54. The Kier molecular flexibility index (Phi) is 8.58. The Labute approximate surface area is 267 Å². The number of amides is 2. The van der Waals surface area contributed by atoms with Crippen LogP contribution in [0.1, 0.15) is 35.1 Å². The standard InChI is InChI=1S/C26H31NO12S6/c1-16-8-7-9-17(14-27-22(28)15-40-24(27)29)23(16)18-12-19-20(13-21(18)41(2,30)31)26(44(5,36)37,45(6,38)39)11-10-25(19,42(3,32)33)43(4,34)35/h7-9,12-13H,10-11,14-15H2,1-6H3. The number of hydrogen-bond donors (Lipinski definition) is 0. The highest BCUT2D eigenvalue weighted by Crippen LogP contribution is 2.57. The molecule has 1 aliphatic carbocycles. The van der Waals surface area contributed by atoms with E-state index in [9.17, 15) is 51.7 Å². The van der Waals surface area contributed by atoms with Crippen LogP contribution in [0.3, 0.4) is 0 Å². The number of nitrogens with zero attached hydrogens (tertiary/aromatic N) is 1. The maximum atomic E-state index is 13.5. The van der Waals surface area contributed by atoms with E-state index in [1.807, 2.05) is 0 Å². The zero-order valence-corrected chi connectivity index (χ0v) is 29.9. The average Bonchev–Trinajstić information content (AvgIpc) is 3.16. The van der Waals surface area contributed by atoms with Crippen LogP contribution in [0.25, 0.3) is 11.1 Å². The van der Waals surface area contributed by atoms with Crippen LogP contribution in [0.5, 0.6) is 0 Å². The van der Waals surface area contributed by atoms with Gasteiger partial charge in [-0.25, -0.2) is 42.1 Å². The Bertz CT molecular complexity index is 2140. The molecule has 19 heteroatoms. The third-order valence-corrected chi connectivity index (χ3v) is 20.4. The van der Waals surface area contributed by atoms with E-state index in [4.69, 9.17) is 0 Å². The normalized spacial score (nSPS) is 19.0. The molecule has 13 nitrogen and oxygen atoms in total. The highest BCUT2D eigenvalue weighted by atomic mass is 32.3. The monoisotopic (exact) mass is 741 g/mol. The van der Waals surface area contributed by atoms with Crippen LogP contribution < -0.4 is 0 Å². The molecule has 0 saturated carbocycles. The van der Waals surface area contributed by atoms with Gasteiger partial charge in [-0.15, -0.1) is 0 Å².